The Balaban J connectivity index is 1.59. The second kappa shape index (κ2) is 7.71. The van der Waals surface area contributed by atoms with Crippen LogP contribution in [0.3, 0.4) is 0 Å². The zero-order valence-electron chi connectivity index (χ0n) is 13.6. The van der Waals surface area contributed by atoms with E-state index in [1.165, 1.54) is 18.1 Å². The van der Waals surface area contributed by atoms with Crippen molar-refractivity contribution in [3.8, 4) is 5.82 Å². The lowest BCUT2D eigenvalue weighted by molar-refractivity contribution is -0.114. The molecule has 0 aliphatic carbocycles. The number of amides is 2. The van der Waals surface area contributed by atoms with Crippen molar-refractivity contribution in [2.75, 3.05) is 11.9 Å². The van der Waals surface area contributed by atoms with Crippen molar-refractivity contribution in [1.82, 2.24) is 19.9 Å². The first-order chi connectivity index (χ1) is 12.1. The molecule has 0 saturated heterocycles. The summed E-state index contributed by atoms with van der Waals surface area (Å²) in [6.45, 7) is 2.00. The van der Waals surface area contributed by atoms with Crippen LogP contribution in [0.15, 0.2) is 48.4 Å². The number of nitrogens with zero attached hydrogens (tertiary/aromatic N) is 3. The molecule has 8 heteroatoms. The standard InChI is InChI=1S/C17H17N5O2S/c1-12(23)21-13-4-5-16(19-9-13)22-10-15(20-11-22)17(24)18-7-6-14-3-2-8-25-14/h2-5,8-11H,6-7H2,1H3,(H,18,24)(H,21,23). The predicted molar refractivity (Wildman–Crippen MR) is 96.0 cm³/mol. The van der Waals surface area contributed by atoms with Crippen molar-refractivity contribution < 1.29 is 9.59 Å². The van der Waals surface area contributed by atoms with E-state index in [0.29, 0.717) is 23.7 Å². The summed E-state index contributed by atoms with van der Waals surface area (Å²) in [4.78, 5) is 32.8. The number of thiophene rings is 1. The lowest BCUT2D eigenvalue weighted by Gasteiger charge is -2.04. The van der Waals surface area contributed by atoms with Crippen LogP contribution < -0.4 is 10.6 Å². The van der Waals surface area contributed by atoms with Crippen LogP contribution in [0, 0.1) is 0 Å². The summed E-state index contributed by atoms with van der Waals surface area (Å²) in [6.07, 6.45) is 5.52. The van der Waals surface area contributed by atoms with Gasteiger partial charge in [0.1, 0.15) is 17.8 Å². The molecule has 0 atom stereocenters. The van der Waals surface area contributed by atoms with E-state index in [1.807, 2.05) is 17.5 Å². The largest absolute Gasteiger partial charge is 0.350 e. The molecule has 0 radical (unpaired) electrons. The van der Waals surface area contributed by atoms with Gasteiger partial charge >= 0.3 is 0 Å². The molecule has 128 valence electrons. The van der Waals surface area contributed by atoms with Crippen LogP contribution in [0.4, 0.5) is 5.69 Å². The highest BCUT2D eigenvalue weighted by atomic mass is 32.1. The Kier molecular flexibility index (Phi) is 5.20. The topological polar surface area (TPSA) is 88.9 Å². The Morgan fingerprint density at radius 1 is 1.24 bits per heavy atom. The summed E-state index contributed by atoms with van der Waals surface area (Å²) in [5.74, 6) is 0.239. The molecule has 7 nitrogen and oxygen atoms in total. The van der Waals surface area contributed by atoms with E-state index in [2.05, 4.69) is 20.6 Å². The molecule has 0 fully saturated rings. The molecular formula is C17H17N5O2S. The fourth-order valence-corrected chi connectivity index (χ4v) is 2.93. The third kappa shape index (κ3) is 4.51. The molecule has 0 aliphatic heterocycles. The predicted octanol–water partition coefficient (Wildman–Crippen LogP) is 2.26. The molecule has 3 aromatic rings. The zero-order chi connectivity index (χ0) is 17.6. The van der Waals surface area contributed by atoms with Gasteiger partial charge in [-0.15, -0.1) is 11.3 Å². The van der Waals surface area contributed by atoms with Gasteiger partial charge in [0.15, 0.2) is 0 Å². The van der Waals surface area contributed by atoms with Crippen LogP contribution in [-0.2, 0) is 11.2 Å². The van der Waals surface area contributed by atoms with Crippen molar-refractivity contribution >= 4 is 28.8 Å². The van der Waals surface area contributed by atoms with E-state index in [4.69, 9.17) is 0 Å². The molecule has 3 heterocycles. The Labute approximate surface area is 148 Å². The number of aromatic nitrogens is 3. The number of hydrogen-bond donors (Lipinski definition) is 2. The second-order valence-electron chi connectivity index (χ2n) is 5.34. The summed E-state index contributed by atoms with van der Waals surface area (Å²) in [5.41, 5.74) is 0.946. The fourth-order valence-electron chi connectivity index (χ4n) is 2.23. The first-order valence-corrected chi connectivity index (χ1v) is 8.58. The number of hydrogen-bond acceptors (Lipinski definition) is 5. The number of imidazole rings is 1. The molecule has 0 aromatic carbocycles. The maximum absolute atomic E-state index is 12.1. The van der Waals surface area contributed by atoms with Gasteiger partial charge in [-0.2, -0.15) is 0 Å². The normalized spacial score (nSPS) is 10.4. The first kappa shape index (κ1) is 16.8. The van der Waals surface area contributed by atoms with Gasteiger partial charge in [0.25, 0.3) is 5.91 Å². The van der Waals surface area contributed by atoms with Crippen molar-refractivity contribution in [3.05, 3.63) is 58.9 Å². The van der Waals surface area contributed by atoms with E-state index in [-0.39, 0.29) is 11.8 Å². The van der Waals surface area contributed by atoms with Crippen LogP contribution in [0.5, 0.6) is 0 Å². The van der Waals surface area contributed by atoms with Gasteiger partial charge in [-0.1, -0.05) is 6.07 Å². The van der Waals surface area contributed by atoms with Crippen molar-refractivity contribution in [1.29, 1.82) is 0 Å². The fraction of sp³-hybridized carbons (Fsp3) is 0.176. The highest BCUT2D eigenvalue weighted by molar-refractivity contribution is 7.09. The van der Waals surface area contributed by atoms with Crippen molar-refractivity contribution in [3.63, 3.8) is 0 Å². The maximum atomic E-state index is 12.1. The van der Waals surface area contributed by atoms with Crippen LogP contribution in [0.1, 0.15) is 22.3 Å². The smallest absolute Gasteiger partial charge is 0.271 e. The Bertz CT molecular complexity index is 856. The highest BCUT2D eigenvalue weighted by Gasteiger charge is 2.10. The Morgan fingerprint density at radius 3 is 2.80 bits per heavy atom. The number of nitrogens with one attached hydrogen (secondary N) is 2. The quantitative estimate of drug-likeness (QED) is 0.710. The number of anilines is 1. The van der Waals surface area contributed by atoms with Gasteiger partial charge in [0, 0.05) is 24.5 Å². The van der Waals surface area contributed by atoms with Gasteiger partial charge in [-0.3, -0.25) is 14.2 Å². The maximum Gasteiger partial charge on any atom is 0.271 e. The minimum absolute atomic E-state index is 0.154. The highest BCUT2D eigenvalue weighted by Crippen LogP contribution is 2.11. The third-order valence-electron chi connectivity index (χ3n) is 3.39. The van der Waals surface area contributed by atoms with E-state index < -0.39 is 0 Å². The average molecular weight is 355 g/mol. The second-order valence-corrected chi connectivity index (χ2v) is 6.37. The Hall–Kier alpha value is -3.00. The molecule has 2 N–H and O–H groups in total. The summed E-state index contributed by atoms with van der Waals surface area (Å²) in [6, 6.07) is 7.52. The van der Waals surface area contributed by atoms with Gasteiger partial charge in [-0.25, -0.2) is 9.97 Å². The molecule has 0 saturated carbocycles. The zero-order valence-corrected chi connectivity index (χ0v) is 14.4. The summed E-state index contributed by atoms with van der Waals surface area (Å²) in [7, 11) is 0. The summed E-state index contributed by atoms with van der Waals surface area (Å²) >= 11 is 1.67. The SMILES string of the molecule is CC(=O)Nc1ccc(-n2cnc(C(=O)NCCc3cccs3)c2)nc1. The van der Waals surface area contributed by atoms with Crippen LogP contribution in [-0.4, -0.2) is 32.9 Å². The van der Waals surface area contributed by atoms with Crippen LogP contribution >= 0.6 is 11.3 Å². The molecule has 3 aromatic heterocycles. The van der Waals surface area contributed by atoms with Gasteiger partial charge in [0.2, 0.25) is 5.91 Å². The Morgan fingerprint density at radius 2 is 2.12 bits per heavy atom. The minimum atomic E-state index is -0.217. The lowest BCUT2D eigenvalue weighted by atomic mass is 10.3. The molecule has 0 aliphatic rings. The number of carbonyl (C=O) groups is 2. The lowest BCUT2D eigenvalue weighted by Crippen LogP contribution is -2.25. The van der Waals surface area contributed by atoms with Gasteiger partial charge < -0.3 is 10.6 Å². The van der Waals surface area contributed by atoms with E-state index in [0.717, 1.165) is 6.42 Å². The number of carbonyl (C=O) groups excluding carboxylic acids is 2. The minimum Gasteiger partial charge on any atom is -0.350 e. The van der Waals surface area contributed by atoms with E-state index >= 15 is 0 Å². The summed E-state index contributed by atoms with van der Waals surface area (Å²) < 4.78 is 1.66. The van der Waals surface area contributed by atoms with Crippen molar-refractivity contribution in [2.45, 2.75) is 13.3 Å². The molecule has 3 rings (SSSR count). The number of rotatable bonds is 6. The van der Waals surface area contributed by atoms with Crippen LogP contribution in [0.25, 0.3) is 5.82 Å². The van der Waals surface area contributed by atoms with Crippen molar-refractivity contribution in [2.24, 2.45) is 0 Å². The molecule has 2 amide bonds. The van der Waals surface area contributed by atoms with Crippen LogP contribution in [0.2, 0.25) is 0 Å². The van der Waals surface area contributed by atoms with Gasteiger partial charge in [-0.05, 0) is 30.0 Å². The number of pyridine rings is 1. The van der Waals surface area contributed by atoms with Gasteiger partial charge in [0.05, 0.1) is 11.9 Å². The summed E-state index contributed by atoms with van der Waals surface area (Å²) in [5, 5.41) is 7.53. The molecular weight excluding hydrogens is 338 g/mol. The molecule has 0 unspecified atom stereocenters. The molecule has 0 spiro atoms. The van der Waals surface area contributed by atoms with E-state index in [1.54, 1.807) is 40.4 Å². The van der Waals surface area contributed by atoms with E-state index in [9.17, 15) is 9.59 Å². The monoisotopic (exact) mass is 355 g/mol. The molecule has 0 bridgehead atoms. The first-order valence-electron chi connectivity index (χ1n) is 7.70. The average Bonchev–Trinajstić information content (AvgIpc) is 3.26. The molecule has 25 heavy (non-hydrogen) atoms. The third-order valence-corrected chi connectivity index (χ3v) is 4.32.